The number of amides is 2. The van der Waals surface area contributed by atoms with Gasteiger partial charge in [-0.3, -0.25) is 0 Å². The van der Waals surface area contributed by atoms with Crippen LogP contribution in [0.2, 0.25) is 0 Å². The van der Waals surface area contributed by atoms with Gasteiger partial charge in [0.1, 0.15) is 6.04 Å². The molecule has 2 aromatic carbocycles. The Kier molecular flexibility index (Phi) is 5.86. The van der Waals surface area contributed by atoms with Crippen LogP contribution < -0.4 is 10.6 Å². The molecule has 3 rings (SSSR count). The summed E-state index contributed by atoms with van der Waals surface area (Å²) in [6, 6.07) is 15.9. The van der Waals surface area contributed by atoms with Crippen molar-refractivity contribution in [1.29, 1.82) is 0 Å². The zero-order valence-corrected chi connectivity index (χ0v) is 14.4. The molecular formula is C20H22N2O4. The second-order valence-corrected chi connectivity index (χ2v) is 6.31. The van der Waals surface area contributed by atoms with E-state index in [9.17, 15) is 14.7 Å². The second-order valence-electron chi connectivity index (χ2n) is 6.31. The standard InChI is InChI=1S/C20H22N2O4/c23-19(24)18(16-10-12-26-13-11-16)22-20(25)21-17-8-6-15(7-9-17)14-4-2-1-3-5-14/h1-9,16,18H,10-13H2,(H,23,24)(H2,21,22,25). The minimum atomic E-state index is -1.02. The summed E-state index contributed by atoms with van der Waals surface area (Å²) in [5.41, 5.74) is 2.74. The number of hydrogen-bond donors (Lipinski definition) is 3. The van der Waals surface area contributed by atoms with Gasteiger partial charge in [0, 0.05) is 18.9 Å². The van der Waals surface area contributed by atoms with Crippen LogP contribution in [0.15, 0.2) is 54.6 Å². The van der Waals surface area contributed by atoms with E-state index in [0.717, 1.165) is 11.1 Å². The maximum absolute atomic E-state index is 12.2. The van der Waals surface area contributed by atoms with Gasteiger partial charge in [-0.25, -0.2) is 9.59 Å². The summed E-state index contributed by atoms with van der Waals surface area (Å²) in [6.07, 6.45) is 1.26. The van der Waals surface area contributed by atoms with Crippen molar-refractivity contribution >= 4 is 17.7 Å². The van der Waals surface area contributed by atoms with Crippen molar-refractivity contribution in [3.63, 3.8) is 0 Å². The van der Waals surface area contributed by atoms with E-state index in [0.29, 0.717) is 31.7 Å². The predicted molar refractivity (Wildman–Crippen MR) is 99.0 cm³/mol. The Morgan fingerprint density at radius 1 is 0.962 bits per heavy atom. The first-order valence-electron chi connectivity index (χ1n) is 8.67. The molecule has 1 saturated heterocycles. The van der Waals surface area contributed by atoms with Crippen LogP contribution in [0, 0.1) is 5.92 Å². The Hall–Kier alpha value is -2.86. The van der Waals surface area contributed by atoms with Gasteiger partial charge in [0.25, 0.3) is 0 Å². The number of anilines is 1. The molecule has 0 aromatic heterocycles. The first kappa shape index (κ1) is 17.9. The summed E-state index contributed by atoms with van der Waals surface area (Å²) < 4.78 is 5.26. The van der Waals surface area contributed by atoms with Crippen molar-refractivity contribution in [2.45, 2.75) is 18.9 Å². The third-order valence-electron chi connectivity index (χ3n) is 4.54. The number of benzene rings is 2. The predicted octanol–water partition coefficient (Wildman–Crippen LogP) is 3.35. The highest BCUT2D eigenvalue weighted by molar-refractivity contribution is 5.92. The number of carbonyl (C=O) groups excluding carboxylic acids is 1. The van der Waals surface area contributed by atoms with Crippen LogP contribution >= 0.6 is 0 Å². The molecule has 2 aromatic rings. The molecule has 0 aliphatic carbocycles. The number of rotatable bonds is 5. The highest BCUT2D eigenvalue weighted by Gasteiger charge is 2.31. The summed E-state index contributed by atoms with van der Waals surface area (Å²) in [6.45, 7) is 1.05. The van der Waals surface area contributed by atoms with Gasteiger partial charge in [0.15, 0.2) is 0 Å². The van der Waals surface area contributed by atoms with E-state index >= 15 is 0 Å². The normalized spacial score (nSPS) is 15.8. The first-order valence-corrected chi connectivity index (χ1v) is 8.67. The number of nitrogens with one attached hydrogen (secondary N) is 2. The van der Waals surface area contributed by atoms with E-state index in [1.54, 1.807) is 12.1 Å². The number of carbonyl (C=O) groups is 2. The van der Waals surface area contributed by atoms with Crippen molar-refractivity contribution in [2.75, 3.05) is 18.5 Å². The summed E-state index contributed by atoms with van der Waals surface area (Å²) in [7, 11) is 0. The average molecular weight is 354 g/mol. The summed E-state index contributed by atoms with van der Waals surface area (Å²) >= 11 is 0. The smallest absolute Gasteiger partial charge is 0.326 e. The van der Waals surface area contributed by atoms with Gasteiger partial charge in [-0.2, -0.15) is 0 Å². The van der Waals surface area contributed by atoms with E-state index in [1.165, 1.54) is 0 Å². The SMILES string of the molecule is O=C(Nc1ccc(-c2ccccc2)cc1)NC(C(=O)O)C1CCOCC1. The molecule has 0 radical (unpaired) electrons. The van der Waals surface area contributed by atoms with Crippen LogP contribution in [0.3, 0.4) is 0 Å². The average Bonchev–Trinajstić information content (AvgIpc) is 2.68. The number of carboxylic acid groups (broad SMARTS) is 1. The number of urea groups is 1. The van der Waals surface area contributed by atoms with Gasteiger partial charge in [0.05, 0.1) is 0 Å². The van der Waals surface area contributed by atoms with Crippen LogP contribution in [0.5, 0.6) is 0 Å². The maximum atomic E-state index is 12.2. The third-order valence-corrected chi connectivity index (χ3v) is 4.54. The van der Waals surface area contributed by atoms with Crippen molar-refractivity contribution in [1.82, 2.24) is 5.32 Å². The lowest BCUT2D eigenvalue weighted by atomic mass is 9.92. The van der Waals surface area contributed by atoms with E-state index in [-0.39, 0.29) is 5.92 Å². The molecule has 1 aliphatic rings. The molecule has 1 heterocycles. The van der Waals surface area contributed by atoms with Crippen molar-refractivity contribution in [3.05, 3.63) is 54.6 Å². The molecule has 1 fully saturated rings. The van der Waals surface area contributed by atoms with Gasteiger partial charge in [-0.05, 0) is 42.0 Å². The third kappa shape index (κ3) is 4.61. The molecule has 6 heteroatoms. The number of hydrogen-bond acceptors (Lipinski definition) is 3. The van der Waals surface area contributed by atoms with E-state index in [2.05, 4.69) is 10.6 Å². The molecule has 1 unspecified atom stereocenters. The fraction of sp³-hybridized carbons (Fsp3) is 0.300. The van der Waals surface area contributed by atoms with Crippen LogP contribution in [0.4, 0.5) is 10.5 Å². The van der Waals surface area contributed by atoms with Crippen molar-refractivity contribution in [3.8, 4) is 11.1 Å². The van der Waals surface area contributed by atoms with E-state index in [1.807, 2.05) is 42.5 Å². The molecule has 136 valence electrons. The Bertz CT molecular complexity index is 740. The van der Waals surface area contributed by atoms with Gasteiger partial charge in [-0.15, -0.1) is 0 Å². The lowest BCUT2D eigenvalue weighted by Gasteiger charge is -2.28. The van der Waals surface area contributed by atoms with E-state index in [4.69, 9.17) is 4.74 Å². The zero-order chi connectivity index (χ0) is 18.4. The first-order chi connectivity index (χ1) is 12.6. The van der Waals surface area contributed by atoms with Crippen molar-refractivity contribution < 1.29 is 19.4 Å². The second kappa shape index (κ2) is 8.49. The summed E-state index contributed by atoms with van der Waals surface area (Å²) in [4.78, 5) is 23.7. The van der Waals surface area contributed by atoms with Crippen LogP contribution in [0.1, 0.15) is 12.8 Å². The Labute approximate surface area is 152 Å². The molecule has 6 nitrogen and oxygen atoms in total. The van der Waals surface area contributed by atoms with Gasteiger partial charge in [0.2, 0.25) is 0 Å². The molecule has 1 aliphatic heterocycles. The van der Waals surface area contributed by atoms with Crippen LogP contribution in [-0.2, 0) is 9.53 Å². The minimum Gasteiger partial charge on any atom is -0.480 e. The molecule has 3 N–H and O–H groups in total. The fourth-order valence-electron chi connectivity index (χ4n) is 3.12. The number of carboxylic acids is 1. The van der Waals surface area contributed by atoms with Crippen LogP contribution in [-0.4, -0.2) is 36.4 Å². The lowest BCUT2D eigenvalue weighted by Crippen LogP contribution is -2.48. The molecular weight excluding hydrogens is 332 g/mol. The Morgan fingerprint density at radius 2 is 1.58 bits per heavy atom. The van der Waals surface area contributed by atoms with Crippen molar-refractivity contribution in [2.24, 2.45) is 5.92 Å². The Morgan fingerprint density at radius 3 is 2.19 bits per heavy atom. The van der Waals surface area contributed by atoms with E-state index < -0.39 is 18.0 Å². The molecule has 1 atom stereocenters. The molecule has 26 heavy (non-hydrogen) atoms. The Balaban J connectivity index is 1.60. The highest BCUT2D eigenvalue weighted by Crippen LogP contribution is 2.22. The number of aliphatic carboxylic acids is 1. The monoisotopic (exact) mass is 354 g/mol. The zero-order valence-electron chi connectivity index (χ0n) is 14.4. The highest BCUT2D eigenvalue weighted by atomic mass is 16.5. The molecule has 0 saturated carbocycles. The molecule has 2 amide bonds. The number of ether oxygens (including phenoxy) is 1. The summed E-state index contributed by atoms with van der Waals surface area (Å²) in [5.74, 6) is -1.14. The van der Waals surface area contributed by atoms with Gasteiger partial charge < -0.3 is 20.5 Å². The largest absolute Gasteiger partial charge is 0.480 e. The van der Waals surface area contributed by atoms with Gasteiger partial charge >= 0.3 is 12.0 Å². The fourth-order valence-corrected chi connectivity index (χ4v) is 3.12. The summed E-state index contributed by atoms with van der Waals surface area (Å²) in [5, 5.41) is 14.7. The lowest BCUT2D eigenvalue weighted by molar-refractivity contribution is -0.141. The quantitative estimate of drug-likeness (QED) is 0.768. The maximum Gasteiger partial charge on any atom is 0.326 e. The van der Waals surface area contributed by atoms with Gasteiger partial charge in [-0.1, -0.05) is 42.5 Å². The minimum absolute atomic E-state index is 0.118. The molecule has 0 bridgehead atoms. The topological polar surface area (TPSA) is 87.7 Å². The van der Waals surface area contributed by atoms with Crippen LogP contribution in [0.25, 0.3) is 11.1 Å². The molecule has 0 spiro atoms.